The van der Waals surface area contributed by atoms with Gasteiger partial charge in [0.15, 0.2) is 0 Å². The molecule has 0 aliphatic rings. The summed E-state index contributed by atoms with van der Waals surface area (Å²) in [5.74, 6) is 0.468. The SMILES string of the molecule is NCc1nccnc1OCc1cccc(Cl)c1. The second-order valence-corrected chi connectivity index (χ2v) is 3.87. The van der Waals surface area contributed by atoms with Crippen LogP contribution < -0.4 is 10.5 Å². The van der Waals surface area contributed by atoms with Crippen molar-refractivity contribution in [1.82, 2.24) is 9.97 Å². The molecule has 2 rings (SSSR count). The summed E-state index contributed by atoms with van der Waals surface area (Å²) in [5, 5.41) is 0.685. The fourth-order valence-electron chi connectivity index (χ4n) is 1.39. The molecule has 2 N–H and O–H groups in total. The first-order valence-electron chi connectivity index (χ1n) is 5.17. The van der Waals surface area contributed by atoms with Crippen LogP contribution in [0.5, 0.6) is 5.88 Å². The third kappa shape index (κ3) is 3.15. The summed E-state index contributed by atoms with van der Waals surface area (Å²) in [5.41, 5.74) is 7.17. The van der Waals surface area contributed by atoms with Crippen LogP contribution in [0.25, 0.3) is 0 Å². The van der Waals surface area contributed by atoms with E-state index in [0.29, 0.717) is 29.7 Å². The molecule has 4 nitrogen and oxygen atoms in total. The van der Waals surface area contributed by atoms with Gasteiger partial charge in [0, 0.05) is 24.0 Å². The zero-order chi connectivity index (χ0) is 12.1. The van der Waals surface area contributed by atoms with Crippen LogP contribution in [-0.2, 0) is 13.2 Å². The number of hydrogen-bond donors (Lipinski definition) is 1. The highest BCUT2D eigenvalue weighted by atomic mass is 35.5. The summed E-state index contributed by atoms with van der Waals surface area (Å²) in [6, 6.07) is 7.48. The third-order valence-corrected chi connectivity index (χ3v) is 2.43. The Morgan fingerprint density at radius 3 is 2.82 bits per heavy atom. The van der Waals surface area contributed by atoms with Gasteiger partial charge in [-0.2, -0.15) is 0 Å². The van der Waals surface area contributed by atoms with Crippen LogP contribution in [0, 0.1) is 0 Å². The number of nitrogens with zero attached hydrogens (tertiary/aromatic N) is 2. The first kappa shape index (κ1) is 11.8. The first-order chi connectivity index (χ1) is 8.29. The van der Waals surface area contributed by atoms with Gasteiger partial charge in [0.25, 0.3) is 0 Å². The van der Waals surface area contributed by atoms with Crippen molar-refractivity contribution >= 4 is 11.6 Å². The highest BCUT2D eigenvalue weighted by molar-refractivity contribution is 6.30. The van der Waals surface area contributed by atoms with E-state index in [1.54, 1.807) is 12.4 Å². The van der Waals surface area contributed by atoms with Crippen LogP contribution in [0.1, 0.15) is 11.3 Å². The number of ether oxygens (including phenoxy) is 1. The van der Waals surface area contributed by atoms with Gasteiger partial charge < -0.3 is 10.5 Å². The molecular formula is C12H12ClN3O. The smallest absolute Gasteiger partial charge is 0.237 e. The molecule has 0 fully saturated rings. The van der Waals surface area contributed by atoms with E-state index in [1.807, 2.05) is 24.3 Å². The van der Waals surface area contributed by atoms with Gasteiger partial charge in [-0.25, -0.2) is 4.98 Å². The number of aromatic nitrogens is 2. The van der Waals surface area contributed by atoms with Crippen molar-refractivity contribution in [3.05, 3.63) is 52.9 Å². The number of hydrogen-bond acceptors (Lipinski definition) is 4. The predicted molar refractivity (Wildman–Crippen MR) is 65.7 cm³/mol. The van der Waals surface area contributed by atoms with Gasteiger partial charge in [0.05, 0.1) is 0 Å². The lowest BCUT2D eigenvalue weighted by molar-refractivity contribution is 0.288. The lowest BCUT2D eigenvalue weighted by Crippen LogP contribution is -2.06. The third-order valence-electron chi connectivity index (χ3n) is 2.19. The Morgan fingerprint density at radius 1 is 1.24 bits per heavy atom. The van der Waals surface area contributed by atoms with Gasteiger partial charge >= 0.3 is 0 Å². The van der Waals surface area contributed by atoms with E-state index in [1.165, 1.54) is 0 Å². The largest absolute Gasteiger partial charge is 0.471 e. The Bertz CT molecular complexity index is 505. The molecule has 17 heavy (non-hydrogen) atoms. The van der Waals surface area contributed by atoms with E-state index < -0.39 is 0 Å². The van der Waals surface area contributed by atoms with Crippen LogP contribution in [-0.4, -0.2) is 9.97 Å². The predicted octanol–water partition coefficient (Wildman–Crippen LogP) is 2.17. The van der Waals surface area contributed by atoms with E-state index in [0.717, 1.165) is 5.56 Å². The molecule has 0 bridgehead atoms. The van der Waals surface area contributed by atoms with Crippen molar-refractivity contribution in [3.63, 3.8) is 0 Å². The van der Waals surface area contributed by atoms with Crippen molar-refractivity contribution in [2.75, 3.05) is 0 Å². The highest BCUT2D eigenvalue weighted by Gasteiger charge is 2.04. The van der Waals surface area contributed by atoms with Gasteiger partial charge in [-0.1, -0.05) is 23.7 Å². The number of benzene rings is 1. The Morgan fingerprint density at radius 2 is 2.06 bits per heavy atom. The van der Waals surface area contributed by atoms with Gasteiger partial charge in [0.1, 0.15) is 12.3 Å². The molecule has 0 spiro atoms. The summed E-state index contributed by atoms with van der Waals surface area (Å²) in [4.78, 5) is 8.18. The molecule has 0 amide bonds. The van der Waals surface area contributed by atoms with Crippen molar-refractivity contribution in [3.8, 4) is 5.88 Å². The Balaban J connectivity index is 2.07. The van der Waals surface area contributed by atoms with Gasteiger partial charge in [-0.15, -0.1) is 0 Å². The Labute approximate surface area is 104 Å². The molecule has 0 saturated heterocycles. The Kier molecular flexibility index (Phi) is 3.90. The minimum absolute atomic E-state index is 0.304. The van der Waals surface area contributed by atoms with E-state index in [9.17, 15) is 0 Å². The van der Waals surface area contributed by atoms with Gasteiger partial charge in [0.2, 0.25) is 5.88 Å². The second-order valence-electron chi connectivity index (χ2n) is 3.43. The van der Waals surface area contributed by atoms with E-state index in [-0.39, 0.29) is 0 Å². The molecule has 1 aromatic carbocycles. The van der Waals surface area contributed by atoms with Crippen molar-refractivity contribution in [2.24, 2.45) is 5.73 Å². The lowest BCUT2D eigenvalue weighted by atomic mass is 10.2. The molecule has 1 aromatic heterocycles. The molecule has 88 valence electrons. The van der Waals surface area contributed by atoms with Crippen LogP contribution in [0.3, 0.4) is 0 Å². The molecule has 0 atom stereocenters. The van der Waals surface area contributed by atoms with Crippen LogP contribution >= 0.6 is 11.6 Å². The zero-order valence-corrected chi connectivity index (χ0v) is 9.89. The monoisotopic (exact) mass is 249 g/mol. The fourth-order valence-corrected chi connectivity index (χ4v) is 1.61. The molecule has 0 saturated carbocycles. The quantitative estimate of drug-likeness (QED) is 0.902. The van der Waals surface area contributed by atoms with Gasteiger partial charge in [-0.05, 0) is 17.7 Å². The molecule has 2 aromatic rings. The molecule has 0 radical (unpaired) electrons. The average molecular weight is 250 g/mol. The van der Waals surface area contributed by atoms with E-state index >= 15 is 0 Å². The maximum atomic E-state index is 5.88. The van der Waals surface area contributed by atoms with Crippen molar-refractivity contribution in [2.45, 2.75) is 13.2 Å². The molecule has 0 unspecified atom stereocenters. The maximum Gasteiger partial charge on any atom is 0.237 e. The topological polar surface area (TPSA) is 61.0 Å². The molecule has 5 heteroatoms. The number of nitrogens with two attached hydrogens (primary N) is 1. The van der Waals surface area contributed by atoms with Crippen molar-refractivity contribution in [1.29, 1.82) is 0 Å². The summed E-state index contributed by atoms with van der Waals surface area (Å²) in [7, 11) is 0. The number of rotatable bonds is 4. The second kappa shape index (κ2) is 5.61. The summed E-state index contributed by atoms with van der Waals surface area (Å²) < 4.78 is 5.56. The van der Waals surface area contributed by atoms with E-state index in [4.69, 9.17) is 22.1 Å². The van der Waals surface area contributed by atoms with Crippen molar-refractivity contribution < 1.29 is 4.74 Å². The molecular weight excluding hydrogens is 238 g/mol. The molecule has 0 aliphatic carbocycles. The standard InChI is InChI=1S/C12H12ClN3O/c13-10-3-1-2-9(6-10)8-17-12-11(7-14)15-4-5-16-12/h1-6H,7-8,14H2. The minimum atomic E-state index is 0.304. The first-order valence-corrected chi connectivity index (χ1v) is 5.54. The molecule has 0 aliphatic heterocycles. The molecule has 1 heterocycles. The Hall–Kier alpha value is -1.65. The van der Waals surface area contributed by atoms with E-state index in [2.05, 4.69) is 9.97 Å². The maximum absolute atomic E-state index is 5.88. The van der Waals surface area contributed by atoms with Crippen LogP contribution in [0.4, 0.5) is 0 Å². The van der Waals surface area contributed by atoms with Crippen LogP contribution in [0.15, 0.2) is 36.7 Å². The number of halogens is 1. The summed E-state index contributed by atoms with van der Waals surface area (Å²) in [6.07, 6.45) is 3.17. The van der Waals surface area contributed by atoms with Gasteiger partial charge in [-0.3, -0.25) is 4.98 Å². The summed E-state index contributed by atoms with van der Waals surface area (Å²) >= 11 is 5.88. The zero-order valence-electron chi connectivity index (χ0n) is 9.14. The fraction of sp³-hybridized carbons (Fsp3) is 0.167. The average Bonchev–Trinajstić information content (AvgIpc) is 2.37. The van der Waals surface area contributed by atoms with Crippen LogP contribution in [0.2, 0.25) is 5.02 Å². The normalized spacial score (nSPS) is 10.2. The summed E-state index contributed by atoms with van der Waals surface area (Å²) in [6.45, 7) is 0.699. The minimum Gasteiger partial charge on any atom is -0.471 e. The highest BCUT2D eigenvalue weighted by Crippen LogP contribution is 2.15. The lowest BCUT2D eigenvalue weighted by Gasteiger charge is -2.08.